The number of aryl methyl sites for hydroxylation is 1. The van der Waals surface area contributed by atoms with Crippen molar-refractivity contribution in [2.24, 2.45) is 0 Å². The summed E-state index contributed by atoms with van der Waals surface area (Å²) in [7, 11) is 1.80. The van der Waals surface area contributed by atoms with Crippen LogP contribution in [0.2, 0.25) is 5.02 Å². The van der Waals surface area contributed by atoms with Gasteiger partial charge in [-0.05, 0) is 43.3 Å². The van der Waals surface area contributed by atoms with Gasteiger partial charge in [0, 0.05) is 6.54 Å². The predicted octanol–water partition coefficient (Wildman–Crippen LogP) is 6.48. The van der Waals surface area contributed by atoms with Crippen LogP contribution in [0.5, 0.6) is 0 Å². The molecule has 1 N–H and O–H groups in total. The van der Waals surface area contributed by atoms with Crippen LogP contribution < -0.4 is 5.32 Å². The van der Waals surface area contributed by atoms with Gasteiger partial charge in [-0.1, -0.05) is 71.8 Å². The van der Waals surface area contributed by atoms with Gasteiger partial charge < -0.3 is 5.32 Å². The molecule has 162 valence electrons. The third-order valence-electron chi connectivity index (χ3n) is 4.91. The Morgan fingerprint density at radius 1 is 1.03 bits per heavy atom. The summed E-state index contributed by atoms with van der Waals surface area (Å²) in [5.74, 6) is -0.470. The molecule has 0 aromatic heterocycles. The fourth-order valence-electron chi connectivity index (χ4n) is 3.31. The largest absolute Gasteiger partial charge is 0.416 e. The van der Waals surface area contributed by atoms with Gasteiger partial charge in [0.05, 0.1) is 16.3 Å². The third kappa shape index (κ3) is 5.87. The summed E-state index contributed by atoms with van der Waals surface area (Å²) in [6.45, 7) is 2.47. The van der Waals surface area contributed by atoms with Crippen molar-refractivity contribution >= 4 is 23.2 Å². The molecule has 3 aromatic rings. The summed E-state index contributed by atoms with van der Waals surface area (Å²) in [5.41, 5.74) is 1.90. The molecule has 3 aromatic carbocycles. The van der Waals surface area contributed by atoms with Crippen molar-refractivity contribution in [1.29, 1.82) is 0 Å². The molecule has 0 aliphatic heterocycles. The van der Waals surface area contributed by atoms with E-state index >= 15 is 0 Å². The number of rotatable bonds is 6. The van der Waals surface area contributed by atoms with Gasteiger partial charge in [0.15, 0.2) is 0 Å². The van der Waals surface area contributed by atoms with E-state index in [-0.39, 0.29) is 10.7 Å². The Hall–Kier alpha value is -2.83. The molecule has 0 unspecified atom stereocenters. The summed E-state index contributed by atoms with van der Waals surface area (Å²) >= 11 is 6.07. The lowest BCUT2D eigenvalue weighted by molar-refractivity contribution is -0.137. The molecule has 3 nitrogen and oxygen atoms in total. The minimum atomic E-state index is -4.54. The molecule has 0 spiro atoms. The lowest BCUT2D eigenvalue weighted by Gasteiger charge is -2.28. The van der Waals surface area contributed by atoms with Crippen LogP contribution in [-0.4, -0.2) is 17.9 Å². The van der Waals surface area contributed by atoms with Gasteiger partial charge in [-0.15, -0.1) is 0 Å². The van der Waals surface area contributed by atoms with Crippen molar-refractivity contribution in [2.45, 2.75) is 25.7 Å². The number of nitrogens with one attached hydrogen (secondary N) is 1. The fourth-order valence-corrected chi connectivity index (χ4v) is 3.48. The van der Waals surface area contributed by atoms with Gasteiger partial charge in [-0.25, -0.2) is 0 Å². The van der Waals surface area contributed by atoms with E-state index < -0.39 is 23.7 Å². The number of likely N-dealkylation sites (N-methyl/N-ethyl adjacent to an activating group) is 1. The number of alkyl halides is 3. The van der Waals surface area contributed by atoms with Crippen LogP contribution in [0.25, 0.3) is 0 Å². The summed E-state index contributed by atoms with van der Waals surface area (Å²) in [4.78, 5) is 15.1. The van der Waals surface area contributed by atoms with Gasteiger partial charge >= 0.3 is 6.18 Å². The first kappa shape index (κ1) is 22.8. The van der Waals surface area contributed by atoms with Crippen LogP contribution in [0, 0.1) is 6.92 Å². The maximum atomic E-state index is 13.2. The molecule has 0 fully saturated rings. The predicted molar refractivity (Wildman–Crippen MR) is 117 cm³/mol. The average molecular weight is 447 g/mol. The first-order chi connectivity index (χ1) is 14.6. The number of halogens is 4. The second-order valence-electron chi connectivity index (χ2n) is 7.40. The van der Waals surface area contributed by atoms with Crippen molar-refractivity contribution in [2.75, 3.05) is 12.4 Å². The topological polar surface area (TPSA) is 32.3 Å². The summed E-state index contributed by atoms with van der Waals surface area (Å²) < 4.78 is 39.3. The molecule has 1 atom stereocenters. The van der Waals surface area contributed by atoms with Crippen molar-refractivity contribution < 1.29 is 18.0 Å². The van der Waals surface area contributed by atoms with Crippen LogP contribution >= 0.6 is 11.6 Å². The standard InChI is InChI=1S/C24H22ClF3N2O/c1-16-8-10-17(11-9-16)15-30(2)22(18-6-4-3-5-7-18)23(31)29-21-14-19(24(26,27)28)12-13-20(21)25/h3-14,22H,15H2,1-2H3,(H,29,31)/t22-/m1/s1. The summed E-state index contributed by atoms with van der Waals surface area (Å²) in [6.07, 6.45) is -4.54. The highest BCUT2D eigenvalue weighted by Crippen LogP contribution is 2.34. The number of benzene rings is 3. The van der Waals surface area contributed by atoms with Crippen LogP contribution in [-0.2, 0) is 17.5 Å². The molecule has 0 aliphatic carbocycles. The monoisotopic (exact) mass is 446 g/mol. The molecule has 0 saturated carbocycles. The van der Waals surface area contributed by atoms with E-state index in [4.69, 9.17) is 11.6 Å². The molecular formula is C24H22ClF3N2O. The quantitative estimate of drug-likeness (QED) is 0.470. The Morgan fingerprint density at radius 2 is 1.68 bits per heavy atom. The Balaban J connectivity index is 1.89. The maximum absolute atomic E-state index is 13.2. The van der Waals surface area contributed by atoms with E-state index in [0.29, 0.717) is 6.54 Å². The molecule has 31 heavy (non-hydrogen) atoms. The second-order valence-corrected chi connectivity index (χ2v) is 7.80. The molecule has 3 rings (SSSR count). The van der Waals surface area contributed by atoms with E-state index in [1.165, 1.54) is 0 Å². The van der Waals surface area contributed by atoms with E-state index in [1.807, 2.05) is 66.4 Å². The zero-order chi connectivity index (χ0) is 22.6. The first-order valence-electron chi connectivity index (χ1n) is 9.63. The number of amides is 1. The third-order valence-corrected chi connectivity index (χ3v) is 5.24. The van der Waals surface area contributed by atoms with Gasteiger partial charge in [0.25, 0.3) is 0 Å². The molecule has 1 amide bonds. The molecule has 7 heteroatoms. The lowest BCUT2D eigenvalue weighted by atomic mass is 10.0. The van der Waals surface area contributed by atoms with Crippen LogP contribution in [0.3, 0.4) is 0 Å². The minimum Gasteiger partial charge on any atom is -0.323 e. The molecule has 0 heterocycles. The van der Waals surface area contributed by atoms with Gasteiger partial charge in [0.2, 0.25) is 5.91 Å². The summed E-state index contributed by atoms with van der Waals surface area (Å²) in [6, 6.07) is 19.2. The van der Waals surface area contributed by atoms with E-state index in [2.05, 4.69) is 5.32 Å². The smallest absolute Gasteiger partial charge is 0.323 e. The number of hydrogen-bond donors (Lipinski definition) is 1. The number of anilines is 1. The number of nitrogens with zero attached hydrogens (tertiary/aromatic N) is 1. The van der Waals surface area contributed by atoms with Gasteiger partial charge in [-0.2, -0.15) is 13.2 Å². The Labute approximate surface area is 184 Å². The van der Waals surface area contributed by atoms with Crippen molar-refractivity contribution in [3.63, 3.8) is 0 Å². The number of hydrogen-bond acceptors (Lipinski definition) is 2. The SMILES string of the molecule is Cc1ccc(CN(C)[C@@H](C(=O)Nc2cc(C(F)(F)F)ccc2Cl)c2ccccc2)cc1. The number of carbonyl (C=O) groups excluding carboxylic acids is 1. The van der Waals surface area contributed by atoms with Crippen LogP contribution in [0.15, 0.2) is 72.8 Å². The average Bonchev–Trinajstić information content (AvgIpc) is 2.71. The molecule has 0 radical (unpaired) electrons. The van der Waals surface area contributed by atoms with Crippen LogP contribution in [0.1, 0.15) is 28.3 Å². The molecule has 0 bridgehead atoms. The molecule has 0 aliphatic rings. The highest BCUT2D eigenvalue weighted by Gasteiger charge is 2.32. The van der Waals surface area contributed by atoms with E-state index in [1.54, 1.807) is 7.05 Å². The zero-order valence-corrected chi connectivity index (χ0v) is 17.8. The Kier molecular flexibility index (Phi) is 7.03. The van der Waals surface area contributed by atoms with E-state index in [0.717, 1.165) is 34.9 Å². The highest BCUT2D eigenvalue weighted by atomic mass is 35.5. The second kappa shape index (κ2) is 9.54. The molecular weight excluding hydrogens is 425 g/mol. The lowest BCUT2D eigenvalue weighted by Crippen LogP contribution is -2.34. The maximum Gasteiger partial charge on any atom is 0.416 e. The Morgan fingerprint density at radius 3 is 2.29 bits per heavy atom. The Bertz CT molecular complexity index is 1040. The normalized spacial score (nSPS) is 12.6. The van der Waals surface area contributed by atoms with Crippen molar-refractivity contribution in [3.8, 4) is 0 Å². The van der Waals surface area contributed by atoms with Crippen molar-refractivity contribution in [1.82, 2.24) is 4.90 Å². The van der Waals surface area contributed by atoms with Gasteiger partial charge in [-0.3, -0.25) is 9.69 Å². The first-order valence-corrected chi connectivity index (χ1v) is 10.0. The molecule has 0 saturated heterocycles. The fraction of sp³-hybridized carbons (Fsp3) is 0.208. The summed E-state index contributed by atoms with van der Waals surface area (Å²) in [5, 5.41) is 2.62. The van der Waals surface area contributed by atoms with Crippen LogP contribution in [0.4, 0.5) is 18.9 Å². The van der Waals surface area contributed by atoms with Gasteiger partial charge in [0.1, 0.15) is 6.04 Å². The highest BCUT2D eigenvalue weighted by molar-refractivity contribution is 6.33. The minimum absolute atomic E-state index is 0.0364. The number of carbonyl (C=O) groups is 1. The zero-order valence-electron chi connectivity index (χ0n) is 17.1. The van der Waals surface area contributed by atoms with Crippen molar-refractivity contribution in [3.05, 3.63) is 100 Å². The van der Waals surface area contributed by atoms with E-state index in [9.17, 15) is 18.0 Å².